The van der Waals surface area contributed by atoms with E-state index in [1.54, 1.807) is 11.5 Å². The largest absolute Gasteiger partial charge is 0.223 e. The number of nitrogens with zero attached hydrogens (tertiary/aromatic N) is 2. The van der Waals surface area contributed by atoms with Crippen LogP contribution in [0.4, 0.5) is 0 Å². The third-order valence-electron chi connectivity index (χ3n) is 2.58. The van der Waals surface area contributed by atoms with Gasteiger partial charge in [-0.15, -0.1) is 0 Å². The van der Waals surface area contributed by atoms with Gasteiger partial charge in [-0.1, -0.05) is 19.3 Å². The lowest BCUT2D eigenvalue weighted by Crippen LogP contribution is -2.03. The van der Waals surface area contributed by atoms with E-state index in [4.69, 9.17) is 0 Å². The Morgan fingerprint density at radius 3 is 2.69 bits per heavy atom. The molecule has 0 atom stereocenters. The Kier molecular flexibility index (Phi) is 3.22. The topological polar surface area (TPSA) is 25.8 Å². The summed E-state index contributed by atoms with van der Waals surface area (Å²) in [7, 11) is 0. The lowest BCUT2D eigenvalue weighted by Gasteiger charge is -2.18. The van der Waals surface area contributed by atoms with Gasteiger partial charge >= 0.3 is 0 Å². The SMILES string of the molecule is SCc1nsc(C2CCCCC2)n1. The highest BCUT2D eigenvalue weighted by atomic mass is 32.1. The maximum Gasteiger partial charge on any atom is 0.152 e. The summed E-state index contributed by atoms with van der Waals surface area (Å²) >= 11 is 5.74. The molecule has 1 fully saturated rings. The Bertz CT molecular complexity index is 266. The number of hydrogen-bond donors (Lipinski definition) is 1. The zero-order valence-electron chi connectivity index (χ0n) is 7.57. The van der Waals surface area contributed by atoms with Crippen molar-refractivity contribution in [1.82, 2.24) is 9.36 Å². The number of hydrogen-bond acceptors (Lipinski definition) is 4. The maximum atomic E-state index is 4.48. The van der Waals surface area contributed by atoms with E-state index >= 15 is 0 Å². The summed E-state index contributed by atoms with van der Waals surface area (Å²) in [5.74, 6) is 2.26. The van der Waals surface area contributed by atoms with Crippen LogP contribution < -0.4 is 0 Å². The molecule has 0 radical (unpaired) electrons. The van der Waals surface area contributed by atoms with Gasteiger partial charge in [0.25, 0.3) is 0 Å². The van der Waals surface area contributed by atoms with Crippen LogP contribution in [0.1, 0.15) is 48.9 Å². The highest BCUT2D eigenvalue weighted by Gasteiger charge is 2.18. The second-order valence-electron chi connectivity index (χ2n) is 3.54. The molecule has 72 valence electrons. The van der Waals surface area contributed by atoms with Crippen LogP contribution in [0, 0.1) is 0 Å². The van der Waals surface area contributed by atoms with Crippen molar-refractivity contribution in [1.29, 1.82) is 0 Å². The van der Waals surface area contributed by atoms with Crippen LogP contribution in [0.15, 0.2) is 0 Å². The van der Waals surface area contributed by atoms with E-state index in [1.165, 1.54) is 37.1 Å². The van der Waals surface area contributed by atoms with Crippen molar-refractivity contribution in [3.63, 3.8) is 0 Å². The van der Waals surface area contributed by atoms with E-state index in [1.807, 2.05) is 0 Å². The fourth-order valence-electron chi connectivity index (χ4n) is 1.85. The molecule has 0 spiro atoms. The average Bonchev–Trinajstić information content (AvgIpc) is 2.67. The van der Waals surface area contributed by atoms with Gasteiger partial charge in [-0.2, -0.15) is 17.0 Å². The predicted octanol–water partition coefficient (Wildman–Crippen LogP) is 3.02. The standard InChI is InChI=1S/C9H14N2S2/c12-6-8-10-9(13-11-8)7-4-2-1-3-5-7/h7,12H,1-6H2. The van der Waals surface area contributed by atoms with E-state index in [2.05, 4.69) is 22.0 Å². The van der Waals surface area contributed by atoms with Crippen molar-refractivity contribution in [2.45, 2.75) is 43.8 Å². The van der Waals surface area contributed by atoms with Crippen molar-refractivity contribution >= 4 is 24.2 Å². The van der Waals surface area contributed by atoms with Crippen LogP contribution >= 0.6 is 24.2 Å². The van der Waals surface area contributed by atoms with Crippen molar-refractivity contribution in [3.05, 3.63) is 10.8 Å². The first-order valence-corrected chi connectivity index (χ1v) is 6.24. The molecular weight excluding hydrogens is 200 g/mol. The lowest BCUT2D eigenvalue weighted by molar-refractivity contribution is 0.442. The van der Waals surface area contributed by atoms with Crippen LogP contribution in [0.2, 0.25) is 0 Å². The highest BCUT2D eigenvalue weighted by Crippen LogP contribution is 2.33. The summed E-state index contributed by atoms with van der Waals surface area (Å²) in [6.45, 7) is 0. The third-order valence-corrected chi connectivity index (χ3v) is 3.78. The van der Waals surface area contributed by atoms with E-state index < -0.39 is 0 Å². The molecule has 1 saturated carbocycles. The van der Waals surface area contributed by atoms with Crippen LogP contribution in [-0.4, -0.2) is 9.36 Å². The smallest absolute Gasteiger partial charge is 0.152 e. The molecule has 0 aromatic carbocycles. The Hall–Kier alpha value is -0.0900. The Labute approximate surface area is 88.4 Å². The molecular formula is C9H14N2S2. The van der Waals surface area contributed by atoms with Gasteiger partial charge in [-0.05, 0) is 24.4 Å². The summed E-state index contributed by atoms with van der Waals surface area (Å²) < 4.78 is 4.26. The molecule has 1 aromatic heterocycles. The van der Waals surface area contributed by atoms with Crippen LogP contribution in [-0.2, 0) is 5.75 Å². The number of aromatic nitrogens is 2. The first kappa shape index (κ1) is 9.46. The molecule has 0 aliphatic heterocycles. The van der Waals surface area contributed by atoms with E-state index in [-0.39, 0.29) is 0 Å². The Morgan fingerprint density at radius 2 is 2.08 bits per heavy atom. The minimum atomic E-state index is 0.670. The molecule has 0 amide bonds. The molecule has 2 rings (SSSR count). The summed E-state index contributed by atoms with van der Waals surface area (Å²) in [4.78, 5) is 4.48. The molecule has 0 unspecified atom stereocenters. The third kappa shape index (κ3) is 2.23. The molecule has 13 heavy (non-hydrogen) atoms. The van der Waals surface area contributed by atoms with Crippen LogP contribution in [0.3, 0.4) is 0 Å². The van der Waals surface area contributed by atoms with Gasteiger partial charge in [-0.3, -0.25) is 0 Å². The van der Waals surface area contributed by atoms with Crippen molar-refractivity contribution in [2.75, 3.05) is 0 Å². The predicted molar refractivity (Wildman–Crippen MR) is 58.4 cm³/mol. The summed E-state index contributed by atoms with van der Waals surface area (Å²) in [5, 5.41) is 1.24. The molecule has 0 saturated heterocycles. The van der Waals surface area contributed by atoms with Gasteiger partial charge in [-0.25, -0.2) is 4.98 Å². The monoisotopic (exact) mass is 214 g/mol. The van der Waals surface area contributed by atoms with Gasteiger partial charge < -0.3 is 0 Å². The van der Waals surface area contributed by atoms with Crippen LogP contribution in [0.25, 0.3) is 0 Å². The zero-order valence-corrected chi connectivity index (χ0v) is 9.28. The van der Waals surface area contributed by atoms with Crippen molar-refractivity contribution < 1.29 is 0 Å². The van der Waals surface area contributed by atoms with Crippen molar-refractivity contribution in [2.24, 2.45) is 0 Å². The minimum absolute atomic E-state index is 0.670. The first-order valence-electron chi connectivity index (χ1n) is 4.83. The molecule has 1 aromatic rings. The second-order valence-corrected chi connectivity index (χ2v) is 4.64. The molecule has 1 aliphatic carbocycles. The van der Waals surface area contributed by atoms with Crippen molar-refractivity contribution in [3.8, 4) is 0 Å². The summed E-state index contributed by atoms with van der Waals surface area (Å²) in [6, 6.07) is 0. The van der Waals surface area contributed by atoms with E-state index in [0.717, 1.165) is 5.82 Å². The summed E-state index contributed by atoms with van der Waals surface area (Å²) in [6.07, 6.45) is 6.73. The highest BCUT2D eigenvalue weighted by molar-refractivity contribution is 7.79. The molecule has 1 heterocycles. The number of thiol groups is 1. The summed E-state index contributed by atoms with van der Waals surface area (Å²) in [5.41, 5.74) is 0. The maximum absolute atomic E-state index is 4.48. The second kappa shape index (κ2) is 4.42. The molecule has 2 nitrogen and oxygen atoms in total. The molecule has 0 bridgehead atoms. The molecule has 0 N–H and O–H groups in total. The fourth-order valence-corrected chi connectivity index (χ4v) is 2.92. The van der Waals surface area contributed by atoms with Gasteiger partial charge in [0.15, 0.2) is 5.82 Å². The van der Waals surface area contributed by atoms with Gasteiger partial charge in [0.1, 0.15) is 5.01 Å². The average molecular weight is 214 g/mol. The van der Waals surface area contributed by atoms with Gasteiger partial charge in [0.2, 0.25) is 0 Å². The molecule has 4 heteroatoms. The van der Waals surface area contributed by atoms with Gasteiger partial charge in [0, 0.05) is 5.92 Å². The molecule has 1 aliphatic rings. The van der Waals surface area contributed by atoms with Gasteiger partial charge in [0.05, 0.1) is 5.75 Å². The van der Waals surface area contributed by atoms with E-state index in [0.29, 0.717) is 11.7 Å². The zero-order chi connectivity index (χ0) is 9.10. The normalized spacial score (nSPS) is 19.2. The number of rotatable bonds is 2. The van der Waals surface area contributed by atoms with E-state index in [9.17, 15) is 0 Å². The Morgan fingerprint density at radius 1 is 1.31 bits per heavy atom. The van der Waals surface area contributed by atoms with Crippen LogP contribution in [0.5, 0.6) is 0 Å². The Balaban J connectivity index is 2.05. The minimum Gasteiger partial charge on any atom is -0.223 e. The first-order chi connectivity index (χ1) is 6.40. The lowest BCUT2D eigenvalue weighted by atomic mass is 9.90. The quantitative estimate of drug-likeness (QED) is 0.766. The fraction of sp³-hybridized carbons (Fsp3) is 0.778.